The molecule has 88 valence electrons. The first-order valence-corrected chi connectivity index (χ1v) is 7.22. The molecule has 1 heterocycles. The van der Waals surface area contributed by atoms with E-state index in [1.165, 1.54) is 20.9 Å². The Hall–Kier alpha value is -1.51. The molecule has 0 N–H and O–H groups in total. The molecule has 0 saturated carbocycles. The van der Waals surface area contributed by atoms with Gasteiger partial charge in [-0.1, -0.05) is 53.5 Å². The van der Waals surface area contributed by atoms with E-state index in [0.29, 0.717) is 5.02 Å². The highest BCUT2D eigenvalue weighted by molar-refractivity contribution is 7.27. The van der Waals surface area contributed by atoms with E-state index in [1.54, 1.807) is 11.3 Å². The highest BCUT2D eigenvalue weighted by Crippen LogP contribution is 2.38. The molecule has 4 aromatic rings. The van der Waals surface area contributed by atoms with E-state index in [9.17, 15) is 0 Å². The van der Waals surface area contributed by atoms with Gasteiger partial charge >= 0.3 is 0 Å². The number of hydrogen-bond acceptors (Lipinski definition) is 1. The Balaban J connectivity index is 2.31. The molecule has 3 heteroatoms. The van der Waals surface area contributed by atoms with Gasteiger partial charge in [-0.15, -0.1) is 11.3 Å². The monoisotopic (exact) mass is 278 g/mol. The lowest BCUT2D eigenvalue weighted by Crippen LogP contribution is -2.01. The zero-order valence-corrected chi connectivity index (χ0v) is 11.6. The molecule has 0 aliphatic carbocycles. The Morgan fingerprint density at radius 3 is 2.68 bits per heavy atom. The molecule has 0 atom stereocenters. The molecule has 1 aromatic heterocycles. The van der Waals surface area contributed by atoms with Gasteiger partial charge in [-0.25, -0.2) is 0 Å². The van der Waals surface area contributed by atoms with Gasteiger partial charge in [0.25, 0.3) is 0 Å². The van der Waals surface area contributed by atoms with Crippen LogP contribution in [0, 0.1) is 0 Å². The zero-order valence-electron chi connectivity index (χ0n) is 9.98. The van der Waals surface area contributed by atoms with Gasteiger partial charge in [-0.2, -0.15) is 0 Å². The molecule has 0 bridgehead atoms. The molecule has 0 fully saturated rings. The van der Waals surface area contributed by atoms with Gasteiger partial charge in [-0.3, -0.25) is 0 Å². The SMILES string of the molecule is [B]c1cc(Cl)cc2sc3c4ccccc4ccc3c12. The van der Waals surface area contributed by atoms with Crippen LogP contribution in [-0.2, 0) is 0 Å². The first kappa shape index (κ1) is 11.3. The normalized spacial score (nSPS) is 11.6. The van der Waals surface area contributed by atoms with E-state index < -0.39 is 0 Å². The first-order valence-electron chi connectivity index (χ1n) is 6.03. The second-order valence-electron chi connectivity index (χ2n) is 4.63. The Bertz CT molecular complexity index is 940. The van der Waals surface area contributed by atoms with Gasteiger partial charge in [0.15, 0.2) is 0 Å². The van der Waals surface area contributed by atoms with Crippen molar-refractivity contribution in [1.82, 2.24) is 0 Å². The lowest BCUT2D eigenvalue weighted by Gasteiger charge is -2.01. The van der Waals surface area contributed by atoms with Crippen molar-refractivity contribution in [2.45, 2.75) is 0 Å². The predicted molar refractivity (Wildman–Crippen MR) is 87.2 cm³/mol. The van der Waals surface area contributed by atoms with Crippen molar-refractivity contribution in [2.24, 2.45) is 0 Å². The molecule has 0 unspecified atom stereocenters. The van der Waals surface area contributed by atoms with Crippen LogP contribution in [0.3, 0.4) is 0 Å². The van der Waals surface area contributed by atoms with Crippen LogP contribution in [-0.4, -0.2) is 7.85 Å². The molecule has 0 spiro atoms. The van der Waals surface area contributed by atoms with Gasteiger partial charge in [-0.05, 0) is 28.3 Å². The molecule has 0 amide bonds. The van der Waals surface area contributed by atoms with Gasteiger partial charge < -0.3 is 0 Å². The molecule has 4 rings (SSSR count). The van der Waals surface area contributed by atoms with Crippen LogP contribution < -0.4 is 5.46 Å². The molecular weight excluding hydrogens is 271 g/mol. The van der Waals surface area contributed by atoms with Crippen molar-refractivity contribution >= 4 is 67.2 Å². The number of fused-ring (bicyclic) bond motifs is 5. The highest BCUT2D eigenvalue weighted by atomic mass is 35.5. The summed E-state index contributed by atoms with van der Waals surface area (Å²) in [5.41, 5.74) is 0.754. The van der Waals surface area contributed by atoms with E-state index >= 15 is 0 Å². The fraction of sp³-hybridized carbons (Fsp3) is 0. The third kappa shape index (κ3) is 1.60. The smallest absolute Gasteiger partial charge is 0.114 e. The van der Waals surface area contributed by atoms with Crippen molar-refractivity contribution in [1.29, 1.82) is 0 Å². The molecule has 0 aliphatic rings. The van der Waals surface area contributed by atoms with Crippen LogP contribution in [0.5, 0.6) is 0 Å². The van der Waals surface area contributed by atoms with Crippen molar-refractivity contribution in [2.75, 3.05) is 0 Å². The van der Waals surface area contributed by atoms with Crippen molar-refractivity contribution < 1.29 is 0 Å². The fourth-order valence-electron chi connectivity index (χ4n) is 2.63. The summed E-state index contributed by atoms with van der Waals surface area (Å²) in [5.74, 6) is 0. The summed E-state index contributed by atoms with van der Waals surface area (Å²) in [6, 6.07) is 16.5. The number of hydrogen-bond donors (Lipinski definition) is 0. The van der Waals surface area contributed by atoms with Gasteiger partial charge in [0.05, 0.1) is 0 Å². The number of rotatable bonds is 0. The zero-order chi connectivity index (χ0) is 13.0. The minimum Gasteiger partial charge on any atom is -0.135 e. The molecule has 2 radical (unpaired) electrons. The van der Waals surface area contributed by atoms with Crippen LogP contribution in [0.1, 0.15) is 0 Å². The second-order valence-corrected chi connectivity index (χ2v) is 6.12. The molecular formula is C16H8BClS. The van der Waals surface area contributed by atoms with E-state index in [0.717, 1.165) is 15.5 Å². The number of thiophene rings is 1. The van der Waals surface area contributed by atoms with Crippen LogP contribution in [0.2, 0.25) is 5.02 Å². The Morgan fingerprint density at radius 1 is 0.947 bits per heavy atom. The largest absolute Gasteiger partial charge is 0.135 e. The van der Waals surface area contributed by atoms with Crippen LogP contribution in [0.4, 0.5) is 0 Å². The van der Waals surface area contributed by atoms with Gasteiger partial charge in [0.1, 0.15) is 7.85 Å². The summed E-state index contributed by atoms with van der Waals surface area (Å²) in [7, 11) is 6.13. The maximum atomic E-state index is 6.13. The average Bonchev–Trinajstić information content (AvgIpc) is 2.77. The van der Waals surface area contributed by atoms with E-state index in [1.807, 2.05) is 12.1 Å². The third-order valence-electron chi connectivity index (χ3n) is 3.46. The lowest BCUT2D eigenvalue weighted by molar-refractivity contribution is 1.82. The van der Waals surface area contributed by atoms with Gasteiger partial charge in [0, 0.05) is 19.8 Å². The second kappa shape index (κ2) is 3.99. The number of halogens is 1. The molecule has 0 nitrogen and oxygen atoms in total. The van der Waals surface area contributed by atoms with Crippen molar-refractivity contribution in [3.8, 4) is 0 Å². The van der Waals surface area contributed by atoms with Crippen LogP contribution in [0.25, 0.3) is 30.9 Å². The Labute approximate surface area is 121 Å². The van der Waals surface area contributed by atoms with Crippen LogP contribution >= 0.6 is 22.9 Å². The van der Waals surface area contributed by atoms with Crippen LogP contribution in [0.15, 0.2) is 48.5 Å². The number of benzene rings is 3. The van der Waals surface area contributed by atoms with Crippen molar-refractivity contribution in [3.05, 3.63) is 53.6 Å². The summed E-state index contributed by atoms with van der Waals surface area (Å²) in [5, 5.41) is 5.56. The molecule has 19 heavy (non-hydrogen) atoms. The minimum absolute atomic E-state index is 0.695. The summed E-state index contributed by atoms with van der Waals surface area (Å²) in [4.78, 5) is 0. The highest BCUT2D eigenvalue weighted by Gasteiger charge is 2.10. The lowest BCUT2D eigenvalue weighted by atomic mass is 9.90. The minimum atomic E-state index is 0.695. The Morgan fingerprint density at radius 2 is 1.79 bits per heavy atom. The summed E-state index contributed by atoms with van der Waals surface area (Å²) in [6.07, 6.45) is 0. The summed E-state index contributed by atoms with van der Waals surface area (Å²) < 4.78 is 2.43. The molecule has 0 saturated heterocycles. The van der Waals surface area contributed by atoms with E-state index in [-0.39, 0.29) is 0 Å². The standard InChI is InChI=1S/C16H8BClS/c17-13-7-10(18)8-14-15(13)12-6-5-9-3-1-2-4-11(9)16(12)19-14/h1-8H. The predicted octanol–water partition coefficient (Wildman–Crippen LogP) is 4.65. The Kier molecular flexibility index (Phi) is 2.38. The third-order valence-corrected chi connectivity index (χ3v) is 4.86. The molecule has 0 aliphatic heterocycles. The van der Waals surface area contributed by atoms with Crippen molar-refractivity contribution in [3.63, 3.8) is 0 Å². The maximum absolute atomic E-state index is 6.13. The average molecular weight is 279 g/mol. The molecule has 3 aromatic carbocycles. The topological polar surface area (TPSA) is 0 Å². The van der Waals surface area contributed by atoms with Gasteiger partial charge in [0.2, 0.25) is 0 Å². The first-order chi connectivity index (χ1) is 9.24. The van der Waals surface area contributed by atoms with E-state index in [2.05, 4.69) is 36.4 Å². The summed E-state index contributed by atoms with van der Waals surface area (Å²) in [6.45, 7) is 0. The fourth-order valence-corrected chi connectivity index (χ4v) is 4.23. The van der Waals surface area contributed by atoms with E-state index in [4.69, 9.17) is 19.4 Å². The quantitative estimate of drug-likeness (QED) is 0.411. The summed E-state index contributed by atoms with van der Waals surface area (Å²) >= 11 is 7.85. The maximum Gasteiger partial charge on any atom is 0.114 e.